The molecule has 1 aromatic heterocycles. The molecule has 1 aliphatic rings. The van der Waals surface area contributed by atoms with Gasteiger partial charge < -0.3 is 15.0 Å². The summed E-state index contributed by atoms with van der Waals surface area (Å²) in [6, 6.07) is 11.9. The highest BCUT2D eigenvalue weighted by Crippen LogP contribution is 2.14. The van der Waals surface area contributed by atoms with Crippen molar-refractivity contribution < 1.29 is 9.53 Å². The van der Waals surface area contributed by atoms with Gasteiger partial charge in [0.1, 0.15) is 6.10 Å². The lowest BCUT2D eigenvalue weighted by molar-refractivity contribution is 0.178. The molecule has 0 spiro atoms. The number of carbonyl (C=O) groups excluding carboxylic acids is 1. The van der Waals surface area contributed by atoms with Gasteiger partial charge in [0.05, 0.1) is 6.54 Å². The Morgan fingerprint density at radius 2 is 2.00 bits per heavy atom. The van der Waals surface area contributed by atoms with E-state index in [0.29, 0.717) is 25.6 Å². The maximum Gasteiger partial charge on any atom is 0.317 e. The van der Waals surface area contributed by atoms with Crippen LogP contribution in [-0.4, -0.2) is 40.1 Å². The number of ether oxygens (including phenoxy) is 1. The second-order valence-corrected chi connectivity index (χ2v) is 5.15. The number of aromatic nitrogens is 2. The van der Waals surface area contributed by atoms with Crippen molar-refractivity contribution in [2.75, 3.05) is 13.1 Å². The van der Waals surface area contributed by atoms with Crippen molar-refractivity contribution in [2.45, 2.75) is 19.1 Å². The van der Waals surface area contributed by atoms with Crippen LogP contribution in [0, 0.1) is 0 Å². The molecule has 114 valence electrons. The third-order valence-electron chi connectivity index (χ3n) is 3.53. The molecule has 0 radical (unpaired) electrons. The third kappa shape index (κ3) is 3.72. The van der Waals surface area contributed by atoms with Crippen molar-refractivity contribution in [3.8, 4) is 6.01 Å². The Morgan fingerprint density at radius 1 is 1.23 bits per heavy atom. The number of nitrogens with one attached hydrogen (secondary N) is 1. The Kier molecular flexibility index (Phi) is 4.48. The lowest BCUT2D eigenvalue weighted by atomic mass is 10.2. The zero-order valence-electron chi connectivity index (χ0n) is 12.2. The Bertz CT molecular complexity index is 606. The van der Waals surface area contributed by atoms with E-state index < -0.39 is 0 Å². The van der Waals surface area contributed by atoms with Gasteiger partial charge in [-0.3, -0.25) is 0 Å². The predicted octanol–water partition coefficient (Wildman–Crippen LogP) is 1.84. The summed E-state index contributed by atoms with van der Waals surface area (Å²) in [5, 5.41) is 2.93. The number of amides is 2. The maximum atomic E-state index is 12.1. The van der Waals surface area contributed by atoms with E-state index in [2.05, 4.69) is 15.3 Å². The Morgan fingerprint density at radius 3 is 2.77 bits per heavy atom. The topological polar surface area (TPSA) is 67.4 Å². The second-order valence-electron chi connectivity index (χ2n) is 5.15. The van der Waals surface area contributed by atoms with Crippen LogP contribution in [-0.2, 0) is 6.54 Å². The molecule has 2 amide bonds. The van der Waals surface area contributed by atoms with Gasteiger partial charge in [-0.1, -0.05) is 30.3 Å². The molecular formula is C16H18N4O2. The first-order valence-electron chi connectivity index (χ1n) is 7.31. The molecule has 0 saturated carbocycles. The summed E-state index contributed by atoms with van der Waals surface area (Å²) in [6.07, 6.45) is 4.02. The van der Waals surface area contributed by atoms with Crippen LogP contribution in [0.2, 0.25) is 0 Å². The van der Waals surface area contributed by atoms with E-state index in [1.165, 1.54) is 0 Å². The molecule has 1 aromatic carbocycles. The number of nitrogens with zero attached hydrogens (tertiary/aromatic N) is 3. The fourth-order valence-corrected chi connectivity index (χ4v) is 2.39. The number of rotatable bonds is 4. The van der Waals surface area contributed by atoms with Crippen molar-refractivity contribution in [1.82, 2.24) is 20.2 Å². The molecule has 6 nitrogen and oxygen atoms in total. The maximum absolute atomic E-state index is 12.1. The van der Waals surface area contributed by atoms with E-state index in [1.807, 2.05) is 30.3 Å². The molecule has 1 N–H and O–H groups in total. The molecule has 22 heavy (non-hydrogen) atoms. The molecule has 0 aliphatic carbocycles. The molecule has 3 rings (SSSR count). The lowest BCUT2D eigenvalue weighted by Crippen LogP contribution is -2.39. The molecule has 1 aliphatic heterocycles. The third-order valence-corrected chi connectivity index (χ3v) is 3.53. The Hall–Kier alpha value is -2.63. The standard InChI is InChI=1S/C16H18N4O2/c21-16(19-11-13-5-2-1-3-6-13)20-10-7-14(12-20)22-15-17-8-4-9-18-15/h1-6,8-9,14H,7,10-12H2,(H,19,21). The predicted molar refractivity (Wildman–Crippen MR) is 81.3 cm³/mol. The molecule has 1 saturated heterocycles. The zero-order valence-corrected chi connectivity index (χ0v) is 12.2. The van der Waals surface area contributed by atoms with Gasteiger partial charge in [0.15, 0.2) is 0 Å². The summed E-state index contributed by atoms with van der Waals surface area (Å²) in [5.41, 5.74) is 1.08. The van der Waals surface area contributed by atoms with Gasteiger partial charge >= 0.3 is 12.0 Å². The highest BCUT2D eigenvalue weighted by molar-refractivity contribution is 5.74. The van der Waals surface area contributed by atoms with Crippen molar-refractivity contribution in [1.29, 1.82) is 0 Å². The summed E-state index contributed by atoms with van der Waals surface area (Å²) >= 11 is 0. The average molecular weight is 298 g/mol. The first-order chi connectivity index (χ1) is 10.8. The summed E-state index contributed by atoms with van der Waals surface area (Å²) in [7, 11) is 0. The van der Waals surface area contributed by atoms with E-state index in [0.717, 1.165) is 12.0 Å². The molecule has 0 bridgehead atoms. The van der Waals surface area contributed by atoms with Crippen LogP contribution in [0.25, 0.3) is 0 Å². The van der Waals surface area contributed by atoms with Crippen LogP contribution >= 0.6 is 0 Å². The average Bonchev–Trinajstić information content (AvgIpc) is 3.03. The number of carbonyl (C=O) groups is 1. The van der Waals surface area contributed by atoms with Gasteiger partial charge in [-0.15, -0.1) is 0 Å². The van der Waals surface area contributed by atoms with Crippen molar-refractivity contribution in [3.63, 3.8) is 0 Å². The molecular weight excluding hydrogens is 280 g/mol. The van der Waals surface area contributed by atoms with E-state index >= 15 is 0 Å². The zero-order chi connectivity index (χ0) is 15.2. The minimum absolute atomic E-state index is 0.0510. The van der Waals surface area contributed by atoms with Crippen molar-refractivity contribution in [2.24, 2.45) is 0 Å². The van der Waals surface area contributed by atoms with Crippen LogP contribution in [0.15, 0.2) is 48.8 Å². The Labute approximate surface area is 129 Å². The van der Waals surface area contributed by atoms with Gasteiger partial charge in [-0.05, 0) is 11.6 Å². The number of hydrogen-bond acceptors (Lipinski definition) is 4. The normalized spacial score (nSPS) is 17.3. The van der Waals surface area contributed by atoms with E-state index in [9.17, 15) is 4.79 Å². The summed E-state index contributed by atoms with van der Waals surface area (Å²) < 4.78 is 5.67. The van der Waals surface area contributed by atoms with Gasteiger partial charge in [-0.2, -0.15) is 0 Å². The summed E-state index contributed by atoms with van der Waals surface area (Å²) in [5.74, 6) is 0. The van der Waals surface area contributed by atoms with Crippen LogP contribution in [0.1, 0.15) is 12.0 Å². The van der Waals surface area contributed by atoms with Gasteiger partial charge in [0.2, 0.25) is 0 Å². The molecule has 1 unspecified atom stereocenters. The monoisotopic (exact) mass is 298 g/mol. The van der Waals surface area contributed by atoms with E-state index in [1.54, 1.807) is 23.4 Å². The number of hydrogen-bond donors (Lipinski definition) is 1. The highest BCUT2D eigenvalue weighted by Gasteiger charge is 2.27. The van der Waals surface area contributed by atoms with Crippen molar-refractivity contribution in [3.05, 3.63) is 54.4 Å². The molecule has 2 aromatic rings. The second kappa shape index (κ2) is 6.89. The quantitative estimate of drug-likeness (QED) is 0.935. The van der Waals surface area contributed by atoms with Gasteiger partial charge in [0, 0.05) is 31.9 Å². The van der Waals surface area contributed by atoms with Gasteiger partial charge in [-0.25, -0.2) is 14.8 Å². The van der Waals surface area contributed by atoms with Crippen LogP contribution in [0.4, 0.5) is 4.79 Å². The minimum Gasteiger partial charge on any atom is -0.458 e. The SMILES string of the molecule is O=C(NCc1ccccc1)N1CCC(Oc2ncccn2)C1. The van der Waals surface area contributed by atoms with Crippen molar-refractivity contribution >= 4 is 6.03 Å². The van der Waals surface area contributed by atoms with Crippen LogP contribution in [0.5, 0.6) is 6.01 Å². The fraction of sp³-hybridized carbons (Fsp3) is 0.312. The Balaban J connectivity index is 1.46. The van der Waals surface area contributed by atoms with Gasteiger partial charge in [0.25, 0.3) is 0 Å². The minimum atomic E-state index is -0.0658. The number of likely N-dealkylation sites (tertiary alicyclic amines) is 1. The fourth-order valence-electron chi connectivity index (χ4n) is 2.39. The van der Waals surface area contributed by atoms with Crippen LogP contribution in [0.3, 0.4) is 0 Å². The largest absolute Gasteiger partial charge is 0.458 e. The first-order valence-corrected chi connectivity index (χ1v) is 7.31. The molecule has 1 fully saturated rings. The number of benzene rings is 1. The molecule has 1 atom stereocenters. The first kappa shape index (κ1) is 14.3. The summed E-state index contributed by atoms with van der Waals surface area (Å²) in [6.45, 7) is 1.76. The van der Waals surface area contributed by atoms with E-state index in [4.69, 9.17) is 4.74 Å². The lowest BCUT2D eigenvalue weighted by Gasteiger charge is -2.17. The molecule has 6 heteroatoms. The highest BCUT2D eigenvalue weighted by atomic mass is 16.5. The summed E-state index contributed by atoms with van der Waals surface area (Å²) in [4.78, 5) is 22.0. The number of urea groups is 1. The molecule has 2 heterocycles. The van der Waals surface area contributed by atoms with E-state index in [-0.39, 0.29) is 12.1 Å². The smallest absolute Gasteiger partial charge is 0.317 e. The van der Waals surface area contributed by atoms with Crippen LogP contribution < -0.4 is 10.1 Å².